The maximum Gasteiger partial charge on any atom is 0.420 e. The molecule has 0 aromatic rings. The highest BCUT2D eigenvalue weighted by atomic mass is 28.3. The number of carbonyl (C=O) groups is 2. The predicted molar refractivity (Wildman–Crippen MR) is 94.5 cm³/mol. The van der Waals surface area contributed by atoms with Crippen molar-refractivity contribution in [2.24, 2.45) is 0 Å². The second-order valence-corrected chi connectivity index (χ2v) is 18.9. The van der Waals surface area contributed by atoms with Crippen molar-refractivity contribution in [1.29, 1.82) is 0 Å². The van der Waals surface area contributed by atoms with Crippen LogP contribution in [0.4, 0.5) is 9.59 Å². The smallest absolute Gasteiger partial charge is 0.420 e. The van der Waals surface area contributed by atoms with Gasteiger partial charge in [-0.05, 0) is 12.1 Å². The number of amides is 2. The number of hydrogen-bond acceptors (Lipinski definition) is 4. The van der Waals surface area contributed by atoms with E-state index in [-0.39, 0.29) is 6.54 Å². The summed E-state index contributed by atoms with van der Waals surface area (Å²) >= 11 is 0. The fourth-order valence-corrected chi connectivity index (χ4v) is 2.77. The van der Waals surface area contributed by atoms with E-state index in [9.17, 15) is 9.59 Å². The third-order valence-electron chi connectivity index (χ3n) is 2.85. The Labute approximate surface area is 136 Å². The van der Waals surface area contributed by atoms with Crippen LogP contribution in [0, 0.1) is 12.3 Å². The Balaban J connectivity index is 4.41. The van der Waals surface area contributed by atoms with Gasteiger partial charge in [0.05, 0.1) is 19.8 Å². The minimum absolute atomic E-state index is 0.141. The molecule has 0 N–H and O–H groups in total. The van der Waals surface area contributed by atoms with Gasteiger partial charge in [0.1, 0.15) is 0 Å². The molecule has 0 rings (SSSR count). The summed E-state index contributed by atoms with van der Waals surface area (Å²) in [5.74, 6) is 2.28. The molecule has 0 aliphatic carbocycles. The van der Waals surface area contributed by atoms with Crippen LogP contribution in [0.15, 0.2) is 0 Å². The van der Waals surface area contributed by atoms with Crippen LogP contribution in [-0.2, 0) is 9.47 Å². The lowest BCUT2D eigenvalue weighted by molar-refractivity contribution is 0.0854. The van der Waals surface area contributed by atoms with Crippen molar-refractivity contribution in [3.8, 4) is 12.3 Å². The molecule has 0 unspecified atom stereocenters. The molecule has 0 bridgehead atoms. The molecule has 5 nitrogen and oxygen atoms in total. The number of rotatable bonds is 7. The normalized spacial score (nSPS) is 11.5. The summed E-state index contributed by atoms with van der Waals surface area (Å²) in [6.45, 7) is 13.6. The molecule has 0 radical (unpaired) electrons. The van der Waals surface area contributed by atoms with Crippen LogP contribution in [-0.4, -0.2) is 53.0 Å². The average molecular weight is 344 g/mol. The van der Waals surface area contributed by atoms with E-state index in [2.05, 4.69) is 45.2 Å². The number of carbonyl (C=O) groups excluding carboxylic acids is 2. The van der Waals surface area contributed by atoms with Gasteiger partial charge in [-0.15, -0.1) is 6.42 Å². The predicted octanol–water partition coefficient (Wildman–Crippen LogP) is 3.87. The molecule has 0 spiro atoms. The molecular weight excluding hydrogens is 314 g/mol. The average Bonchev–Trinajstić information content (AvgIpc) is 2.32. The Kier molecular flexibility index (Phi) is 8.49. The Morgan fingerprint density at radius 2 is 1.27 bits per heavy atom. The number of terminal acetylenes is 1. The first-order chi connectivity index (χ1) is 9.96. The van der Waals surface area contributed by atoms with E-state index in [0.29, 0.717) is 13.2 Å². The molecule has 0 aliphatic rings. The molecule has 0 aromatic carbocycles. The quantitative estimate of drug-likeness (QED) is 0.520. The zero-order valence-electron chi connectivity index (χ0n) is 14.7. The number of ether oxygens (including phenoxy) is 2. The summed E-state index contributed by atoms with van der Waals surface area (Å²) in [5.41, 5.74) is 0. The minimum atomic E-state index is -1.29. The van der Waals surface area contributed by atoms with Crippen molar-refractivity contribution in [3.05, 3.63) is 0 Å². The number of imide groups is 1. The van der Waals surface area contributed by atoms with E-state index in [0.717, 1.165) is 17.0 Å². The molecule has 0 atom stereocenters. The van der Waals surface area contributed by atoms with Gasteiger partial charge < -0.3 is 9.47 Å². The van der Waals surface area contributed by atoms with Gasteiger partial charge in [-0.25, -0.2) is 14.5 Å². The van der Waals surface area contributed by atoms with Gasteiger partial charge >= 0.3 is 12.2 Å². The van der Waals surface area contributed by atoms with Crippen molar-refractivity contribution >= 4 is 28.3 Å². The fraction of sp³-hybridized carbons (Fsp3) is 0.733. The molecule has 126 valence electrons. The van der Waals surface area contributed by atoms with E-state index < -0.39 is 28.3 Å². The van der Waals surface area contributed by atoms with Crippen LogP contribution in [0.5, 0.6) is 0 Å². The number of nitrogens with zero attached hydrogens (tertiary/aromatic N) is 1. The highest BCUT2D eigenvalue weighted by Gasteiger charge is 2.25. The molecule has 2 amide bonds. The van der Waals surface area contributed by atoms with Crippen LogP contribution in [0.25, 0.3) is 0 Å². The first kappa shape index (κ1) is 20.7. The second kappa shape index (κ2) is 9.00. The lowest BCUT2D eigenvalue weighted by Crippen LogP contribution is -2.39. The van der Waals surface area contributed by atoms with Crippen molar-refractivity contribution in [2.45, 2.75) is 51.4 Å². The molecule has 0 saturated heterocycles. The van der Waals surface area contributed by atoms with E-state index in [1.807, 2.05) is 0 Å². The fourth-order valence-electron chi connectivity index (χ4n) is 1.34. The maximum atomic E-state index is 12.0. The minimum Gasteiger partial charge on any atom is -0.449 e. The molecule has 0 heterocycles. The molecule has 0 fully saturated rings. The molecule has 0 saturated carbocycles. The third-order valence-corrected chi connectivity index (χ3v) is 6.25. The van der Waals surface area contributed by atoms with Gasteiger partial charge in [-0.2, -0.15) is 0 Å². The standard InChI is InChI=1S/C15H29NO4Si2/c1-8-9-16(14(17)19-10-12-21(2,3)4)15(18)20-11-13-22(5,6)7/h1H,9-13H2,2-7H3. The van der Waals surface area contributed by atoms with Crippen molar-refractivity contribution < 1.29 is 19.1 Å². The van der Waals surface area contributed by atoms with Crippen molar-refractivity contribution in [3.63, 3.8) is 0 Å². The SMILES string of the molecule is C#CCN(C(=O)OCC[Si](C)(C)C)C(=O)OCC[Si](C)(C)C. The Morgan fingerprint density at radius 3 is 1.55 bits per heavy atom. The molecule has 0 aromatic heterocycles. The van der Waals surface area contributed by atoms with Gasteiger partial charge in [0.2, 0.25) is 0 Å². The van der Waals surface area contributed by atoms with E-state index in [1.165, 1.54) is 0 Å². The van der Waals surface area contributed by atoms with Crippen LogP contribution in [0.1, 0.15) is 0 Å². The Hall–Kier alpha value is -1.27. The first-order valence-electron chi connectivity index (χ1n) is 7.51. The van der Waals surface area contributed by atoms with Gasteiger partial charge in [0, 0.05) is 16.1 Å². The lowest BCUT2D eigenvalue weighted by Gasteiger charge is -2.21. The zero-order valence-corrected chi connectivity index (χ0v) is 16.7. The van der Waals surface area contributed by atoms with Gasteiger partial charge in [-0.1, -0.05) is 45.2 Å². The molecule has 22 heavy (non-hydrogen) atoms. The Morgan fingerprint density at radius 1 is 0.909 bits per heavy atom. The largest absolute Gasteiger partial charge is 0.449 e. The molecule has 0 aliphatic heterocycles. The lowest BCUT2D eigenvalue weighted by atomic mass is 10.6. The summed E-state index contributed by atoms with van der Waals surface area (Å²) < 4.78 is 10.3. The van der Waals surface area contributed by atoms with Crippen LogP contribution >= 0.6 is 0 Å². The molecule has 7 heteroatoms. The van der Waals surface area contributed by atoms with Crippen molar-refractivity contribution in [2.75, 3.05) is 19.8 Å². The van der Waals surface area contributed by atoms with Gasteiger partial charge in [0.25, 0.3) is 0 Å². The third kappa shape index (κ3) is 10.5. The van der Waals surface area contributed by atoms with Gasteiger partial charge in [-0.3, -0.25) is 0 Å². The van der Waals surface area contributed by atoms with E-state index in [4.69, 9.17) is 15.9 Å². The topological polar surface area (TPSA) is 55.8 Å². The molecular formula is C15H29NO4Si2. The maximum absolute atomic E-state index is 12.0. The van der Waals surface area contributed by atoms with Crippen LogP contribution in [0.3, 0.4) is 0 Å². The number of hydrogen-bond donors (Lipinski definition) is 0. The van der Waals surface area contributed by atoms with Crippen LogP contribution < -0.4 is 0 Å². The highest BCUT2D eigenvalue weighted by Crippen LogP contribution is 2.10. The summed E-state index contributed by atoms with van der Waals surface area (Å²) in [7, 11) is -2.59. The monoisotopic (exact) mass is 343 g/mol. The highest BCUT2D eigenvalue weighted by molar-refractivity contribution is 6.76. The summed E-state index contributed by atoms with van der Waals surface area (Å²) in [4.78, 5) is 24.7. The van der Waals surface area contributed by atoms with E-state index in [1.54, 1.807) is 0 Å². The second-order valence-electron chi connectivity index (χ2n) is 7.64. The Bertz CT molecular complexity index is 387. The van der Waals surface area contributed by atoms with E-state index >= 15 is 0 Å². The van der Waals surface area contributed by atoms with Crippen molar-refractivity contribution in [1.82, 2.24) is 4.90 Å². The van der Waals surface area contributed by atoms with Crippen LogP contribution in [0.2, 0.25) is 51.4 Å². The first-order valence-corrected chi connectivity index (χ1v) is 14.9. The zero-order chi connectivity index (χ0) is 17.4. The van der Waals surface area contributed by atoms with Gasteiger partial charge in [0.15, 0.2) is 0 Å². The summed E-state index contributed by atoms with van der Waals surface area (Å²) in [5, 5.41) is 0. The summed E-state index contributed by atoms with van der Waals surface area (Å²) in [6, 6.07) is 1.68. The summed E-state index contributed by atoms with van der Waals surface area (Å²) in [6.07, 6.45) is 3.75.